The van der Waals surface area contributed by atoms with Crippen LogP contribution in [0.4, 0.5) is 0 Å². The van der Waals surface area contributed by atoms with Gasteiger partial charge in [-0.1, -0.05) is 28.4 Å². The molecule has 108 valence electrons. The molecule has 0 radical (unpaired) electrons. The first-order chi connectivity index (χ1) is 10.7. The van der Waals surface area contributed by atoms with E-state index in [4.69, 9.17) is 27.7 Å². The molecule has 0 spiro atoms. The Kier molecular flexibility index (Phi) is 3.06. The number of hydrogen-bond acceptors (Lipinski definition) is 5. The number of tetrazole rings is 1. The van der Waals surface area contributed by atoms with Crippen LogP contribution in [0.25, 0.3) is 33.6 Å². The van der Waals surface area contributed by atoms with Gasteiger partial charge in [-0.25, -0.2) is 0 Å². The summed E-state index contributed by atoms with van der Waals surface area (Å²) in [5, 5.41) is 19.8. The van der Waals surface area contributed by atoms with E-state index in [-0.39, 0.29) is 0 Å². The van der Waals surface area contributed by atoms with Gasteiger partial charge in [0.2, 0.25) is 5.82 Å². The highest BCUT2D eigenvalue weighted by Gasteiger charge is 2.14. The molecule has 0 aliphatic heterocycles. The maximum Gasteiger partial charge on any atom is 0.204 e. The van der Waals surface area contributed by atoms with Gasteiger partial charge < -0.3 is 4.52 Å². The number of nitrogens with zero attached hydrogens (tertiary/aromatic N) is 4. The van der Waals surface area contributed by atoms with Gasteiger partial charge in [-0.15, -0.1) is 10.2 Å². The minimum atomic E-state index is 0.457. The van der Waals surface area contributed by atoms with Crippen molar-refractivity contribution in [3.8, 4) is 22.7 Å². The second kappa shape index (κ2) is 5.08. The van der Waals surface area contributed by atoms with Crippen LogP contribution in [0, 0.1) is 0 Å². The number of benzene rings is 2. The molecule has 0 atom stereocenters. The predicted molar refractivity (Wildman–Crippen MR) is 82.6 cm³/mol. The molecule has 0 unspecified atom stereocenters. The van der Waals surface area contributed by atoms with Crippen LogP contribution >= 0.6 is 23.2 Å². The lowest BCUT2D eigenvalue weighted by atomic mass is 10.1. The fourth-order valence-corrected chi connectivity index (χ4v) is 2.51. The minimum absolute atomic E-state index is 0.457. The molecule has 0 amide bonds. The molecule has 4 rings (SSSR count). The van der Waals surface area contributed by atoms with Gasteiger partial charge in [0.1, 0.15) is 5.52 Å². The van der Waals surface area contributed by atoms with Crippen molar-refractivity contribution in [1.82, 2.24) is 25.8 Å². The van der Waals surface area contributed by atoms with E-state index in [1.54, 1.807) is 12.1 Å². The summed E-state index contributed by atoms with van der Waals surface area (Å²) in [6.45, 7) is 0. The van der Waals surface area contributed by atoms with Crippen LogP contribution in [0.5, 0.6) is 0 Å². The van der Waals surface area contributed by atoms with E-state index in [1.165, 1.54) is 0 Å². The maximum atomic E-state index is 6.07. The van der Waals surface area contributed by atoms with Crippen molar-refractivity contribution >= 4 is 34.1 Å². The Morgan fingerprint density at radius 2 is 1.82 bits per heavy atom. The lowest BCUT2D eigenvalue weighted by Crippen LogP contribution is -1.82. The van der Waals surface area contributed by atoms with Crippen molar-refractivity contribution in [2.24, 2.45) is 0 Å². The monoisotopic (exact) mass is 331 g/mol. The van der Waals surface area contributed by atoms with E-state index in [0.29, 0.717) is 21.6 Å². The molecular formula is C14H7Cl2N5O. The van der Waals surface area contributed by atoms with Crippen molar-refractivity contribution in [2.45, 2.75) is 0 Å². The molecule has 1 N–H and O–H groups in total. The molecule has 6 nitrogen and oxygen atoms in total. The Balaban J connectivity index is 1.91. The van der Waals surface area contributed by atoms with Crippen LogP contribution in [0.1, 0.15) is 0 Å². The molecule has 0 aliphatic carbocycles. The van der Waals surface area contributed by atoms with Crippen molar-refractivity contribution < 1.29 is 4.52 Å². The second-order valence-corrected chi connectivity index (χ2v) is 5.42. The summed E-state index contributed by atoms with van der Waals surface area (Å²) >= 11 is 12.0. The zero-order chi connectivity index (χ0) is 15.1. The highest BCUT2D eigenvalue weighted by atomic mass is 35.5. The van der Waals surface area contributed by atoms with Crippen LogP contribution in [-0.2, 0) is 0 Å². The summed E-state index contributed by atoms with van der Waals surface area (Å²) in [7, 11) is 0. The predicted octanol–water partition coefficient (Wildman–Crippen LogP) is 3.98. The molecule has 2 heterocycles. The van der Waals surface area contributed by atoms with Gasteiger partial charge in [-0.05, 0) is 41.6 Å². The van der Waals surface area contributed by atoms with E-state index in [9.17, 15) is 0 Å². The van der Waals surface area contributed by atoms with Crippen LogP contribution < -0.4 is 0 Å². The number of H-pyrrole nitrogens is 1. The molecule has 4 aromatic rings. The number of hydrogen-bond donors (Lipinski definition) is 1. The fraction of sp³-hybridized carbons (Fsp3) is 0. The van der Waals surface area contributed by atoms with Gasteiger partial charge in [0, 0.05) is 11.1 Å². The Morgan fingerprint density at radius 3 is 2.59 bits per heavy atom. The number of rotatable bonds is 2. The molecule has 0 saturated heterocycles. The van der Waals surface area contributed by atoms with E-state index in [1.807, 2.05) is 24.3 Å². The number of nitrogens with one attached hydrogen (secondary N) is 1. The quantitative estimate of drug-likeness (QED) is 0.600. The minimum Gasteiger partial charge on any atom is -0.355 e. The van der Waals surface area contributed by atoms with Crippen LogP contribution in [0.2, 0.25) is 10.0 Å². The summed E-state index contributed by atoms with van der Waals surface area (Å²) in [6.07, 6.45) is 0. The Morgan fingerprint density at radius 1 is 0.955 bits per heavy atom. The zero-order valence-electron chi connectivity index (χ0n) is 10.9. The SMILES string of the molecule is Clc1ccc(-c2onc3ccc(-c4nn[nH]n4)cc23)cc1Cl. The van der Waals surface area contributed by atoms with Gasteiger partial charge in [0.25, 0.3) is 0 Å². The third-order valence-corrected chi connectivity index (χ3v) is 4.00. The Labute approximate surface area is 134 Å². The molecule has 2 aromatic carbocycles. The van der Waals surface area contributed by atoms with Gasteiger partial charge in [-0.3, -0.25) is 0 Å². The largest absolute Gasteiger partial charge is 0.355 e. The van der Waals surface area contributed by atoms with Gasteiger partial charge >= 0.3 is 0 Å². The Hall–Kier alpha value is -2.44. The second-order valence-electron chi connectivity index (χ2n) is 4.61. The Bertz CT molecular complexity index is 965. The number of halogens is 2. The summed E-state index contributed by atoms with van der Waals surface area (Å²) in [5.74, 6) is 1.11. The van der Waals surface area contributed by atoms with Crippen molar-refractivity contribution in [3.63, 3.8) is 0 Å². The molecule has 0 saturated carbocycles. The summed E-state index contributed by atoms with van der Waals surface area (Å²) < 4.78 is 5.45. The highest BCUT2D eigenvalue weighted by Crippen LogP contribution is 2.34. The molecule has 8 heteroatoms. The topological polar surface area (TPSA) is 80.5 Å². The number of aromatic nitrogens is 5. The van der Waals surface area contributed by atoms with E-state index in [2.05, 4.69) is 25.8 Å². The van der Waals surface area contributed by atoms with Crippen LogP contribution in [-0.4, -0.2) is 25.8 Å². The van der Waals surface area contributed by atoms with Crippen molar-refractivity contribution in [2.75, 3.05) is 0 Å². The summed E-state index contributed by atoms with van der Waals surface area (Å²) in [5.41, 5.74) is 2.33. The molecule has 0 fully saturated rings. The molecule has 22 heavy (non-hydrogen) atoms. The zero-order valence-corrected chi connectivity index (χ0v) is 12.4. The molecular weight excluding hydrogens is 325 g/mol. The summed E-state index contributed by atoms with van der Waals surface area (Å²) in [6, 6.07) is 10.9. The lowest BCUT2D eigenvalue weighted by Gasteiger charge is -2.00. The number of aromatic amines is 1. The normalized spacial score (nSPS) is 11.2. The van der Waals surface area contributed by atoms with Gasteiger partial charge in [0.05, 0.1) is 15.4 Å². The molecule has 0 bridgehead atoms. The number of fused-ring (bicyclic) bond motifs is 1. The fourth-order valence-electron chi connectivity index (χ4n) is 2.21. The first kappa shape index (κ1) is 13.2. The smallest absolute Gasteiger partial charge is 0.204 e. The third-order valence-electron chi connectivity index (χ3n) is 3.26. The van der Waals surface area contributed by atoms with Crippen LogP contribution in [0.3, 0.4) is 0 Å². The first-order valence-electron chi connectivity index (χ1n) is 6.31. The van der Waals surface area contributed by atoms with E-state index < -0.39 is 0 Å². The third kappa shape index (κ3) is 2.13. The highest BCUT2D eigenvalue weighted by molar-refractivity contribution is 6.42. The standard InChI is InChI=1S/C14H7Cl2N5O/c15-10-3-1-7(6-11(10)16)13-9-5-8(14-17-20-21-18-14)2-4-12(9)19-22-13/h1-6H,(H,17,18,20,21). The van der Waals surface area contributed by atoms with Gasteiger partial charge in [-0.2, -0.15) is 5.21 Å². The van der Waals surface area contributed by atoms with Crippen LogP contribution in [0.15, 0.2) is 40.9 Å². The van der Waals surface area contributed by atoms with E-state index in [0.717, 1.165) is 22.0 Å². The molecule has 2 aromatic heterocycles. The first-order valence-corrected chi connectivity index (χ1v) is 7.06. The molecule has 0 aliphatic rings. The van der Waals surface area contributed by atoms with Gasteiger partial charge in [0.15, 0.2) is 5.76 Å². The summed E-state index contributed by atoms with van der Waals surface area (Å²) in [4.78, 5) is 0. The average molecular weight is 332 g/mol. The lowest BCUT2D eigenvalue weighted by molar-refractivity contribution is 0.441. The average Bonchev–Trinajstić information content (AvgIpc) is 3.18. The van der Waals surface area contributed by atoms with E-state index >= 15 is 0 Å². The van der Waals surface area contributed by atoms with Crippen molar-refractivity contribution in [1.29, 1.82) is 0 Å². The van der Waals surface area contributed by atoms with Crippen molar-refractivity contribution in [3.05, 3.63) is 46.4 Å². The maximum absolute atomic E-state index is 6.07.